The molecule has 156 valence electrons. The summed E-state index contributed by atoms with van der Waals surface area (Å²) < 4.78 is 42.1. The molecule has 0 bridgehead atoms. The highest BCUT2D eigenvalue weighted by atomic mass is 32.2. The third-order valence-corrected chi connectivity index (χ3v) is 7.61. The number of hydrogen-bond donors (Lipinski definition) is 2. The third kappa shape index (κ3) is 4.74. The molecule has 2 heterocycles. The fourth-order valence-corrected chi connectivity index (χ4v) is 5.90. The second-order valence-corrected chi connectivity index (χ2v) is 9.87. The molecule has 0 fully saturated rings. The Bertz CT molecular complexity index is 1120. The number of nitrogens with one attached hydrogen (secondary N) is 1. The SMILES string of the molecule is Cc1sc(NS(=O)(=O)c2cccc3nsnc23)c(C(=O)OCCCCCN)c1C. The number of hydrogen-bond acceptors (Lipinski definition) is 9. The number of aromatic nitrogens is 2. The number of esters is 1. The molecule has 1 aromatic carbocycles. The van der Waals surface area contributed by atoms with Crippen molar-refractivity contribution in [3.05, 3.63) is 34.2 Å². The molecule has 2 aromatic heterocycles. The van der Waals surface area contributed by atoms with Gasteiger partial charge in [-0.05, 0) is 57.4 Å². The van der Waals surface area contributed by atoms with Crippen LogP contribution in [0.15, 0.2) is 23.1 Å². The molecular weight excluding hydrogens is 432 g/mol. The van der Waals surface area contributed by atoms with Gasteiger partial charge in [-0.1, -0.05) is 6.07 Å². The van der Waals surface area contributed by atoms with Gasteiger partial charge >= 0.3 is 5.97 Å². The number of nitrogens with two attached hydrogens (primary N) is 1. The van der Waals surface area contributed by atoms with E-state index in [0.29, 0.717) is 29.6 Å². The number of carbonyl (C=O) groups excluding carboxylic acids is 1. The number of sulfonamides is 1. The molecule has 0 aliphatic rings. The minimum Gasteiger partial charge on any atom is -0.462 e. The van der Waals surface area contributed by atoms with Gasteiger partial charge in [-0.15, -0.1) is 11.3 Å². The van der Waals surface area contributed by atoms with Crippen molar-refractivity contribution in [1.29, 1.82) is 0 Å². The second kappa shape index (κ2) is 9.16. The second-order valence-electron chi connectivity index (χ2n) is 6.47. The Balaban J connectivity index is 1.85. The first-order valence-electron chi connectivity index (χ1n) is 9.06. The van der Waals surface area contributed by atoms with Crippen LogP contribution < -0.4 is 10.5 Å². The summed E-state index contributed by atoms with van der Waals surface area (Å²) in [5.74, 6) is -0.536. The number of anilines is 1. The monoisotopic (exact) mass is 454 g/mol. The van der Waals surface area contributed by atoms with E-state index in [-0.39, 0.29) is 22.1 Å². The summed E-state index contributed by atoms with van der Waals surface area (Å²) in [4.78, 5) is 13.5. The molecule has 0 aliphatic carbocycles. The highest BCUT2D eigenvalue weighted by Gasteiger charge is 2.26. The lowest BCUT2D eigenvalue weighted by Gasteiger charge is -2.10. The van der Waals surface area contributed by atoms with Crippen molar-refractivity contribution < 1.29 is 17.9 Å². The van der Waals surface area contributed by atoms with Crippen molar-refractivity contribution in [2.24, 2.45) is 5.73 Å². The average molecular weight is 455 g/mol. The lowest BCUT2D eigenvalue weighted by molar-refractivity contribution is 0.0499. The van der Waals surface area contributed by atoms with Gasteiger partial charge in [0.25, 0.3) is 10.0 Å². The summed E-state index contributed by atoms with van der Waals surface area (Å²) in [7, 11) is -3.96. The number of benzene rings is 1. The van der Waals surface area contributed by atoms with Gasteiger partial charge in [0.2, 0.25) is 0 Å². The molecule has 0 saturated heterocycles. The van der Waals surface area contributed by atoms with E-state index in [9.17, 15) is 13.2 Å². The molecule has 0 aliphatic heterocycles. The van der Waals surface area contributed by atoms with Crippen LogP contribution in [0.3, 0.4) is 0 Å². The number of thiophene rings is 1. The van der Waals surface area contributed by atoms with Gasteiger partial charge in [0.1, 0.15) is 20.9 Å². The van der Waals surface area contributed by atoms with E-state index < -0.39 is 16.0 Å². The van der Waals surface area contributed by atoms with Crippen LogP contribution in [0.2, 0.25) is 0 Å². The predicted molar refractivity (Wildman–Crippen MR) is 115 cm³/mol. The number of nitrogens with zero attached hydrogens (tertiary/aromatic N) is 2. The molecule has 11 heteroatoms. The van der Waals surface area contributed by atoms with Crippen molar-refractivity contribution in [2.45, 2.75) is 38.0 Å². The first-order valence-corrected chi connectivity index (χ1v) is 12.1. The first-order chi connectivity index (χ1) is 13.8. The quantitative estimate of drug-likeness (QED) is 0.375. The molecule has 29 heavy (non-hydrogen) atoms. The summed E-state index contributed by atoms with van der Waals surface area (Å²) in [5, 5.41) is 0.243. The molecule has 0 unspecified atom stereocenters. The van der Waals surface area contributed by atoms with Gasteiger partial charge in [-0.25, -0.2) is 13.2 Å². The molecule has 0 atom stereocenters. The van der Waals surface area contributed by atoms with Crippen LogP contribution in [0, 0.1) is 13.8 Å². The van der Waals surface area contributed by atoms with Crippen molar-refractivity contribution in [3.8, 4) is 0 Å². The van der Waals surface area contributed by atoms with Crippen LogP contribution in [-0.4, -0.2) is 36.3 Å². The van der Waals surface area contributed by atoms with E-state index in [1.807, 2.05) is 6.92 Å². The van der Waals surface area contributed by atoms with Crippen LogP contribution in [0.1, 0.15) is 40.1 Å². The Morgan fingerprint density at radius 3 is 2.76 bits per heavy atom. The van der Waals surface area contributed by atoms with E-state index in [1.165, 1.54) is 17.4 Å². The number of fused-ring (bicyclic) bond motifs is 1. The Morgan fingerprint density at radius 1 is 1.21 bits per heavy atom. The molecule has 0 radical (unpaired) electrons. The number of rotatable bonds is 9. The van der Waals surface area contributed by atoms with Crippen LogP contribution in [-0.2, 0) is 14.8 Å². The lowest BCUT2D eigenvalue weighted by atomic mass is 10.1. The average Bonchev–Trinajstić information content (AvgIpc) is 3.25. The Hall–Kier alpha value is -2.08. The highest BCUT2D eigenvalue weighted by Crippen LogP contribution is 2.35. The summed E-state index contributed by atoms with van der Waals surface area (Å²) in [6, 6.07) is 4.78. The maximum Gasteiger partial charge on any atom is 0.341 e. The molecule has 3 N–H and O–H groups in total. The van der Waals surface area contributed by atoms with E-state index in [4.69, 9.17) is 10.5 Å². The minimum absolute atomic E-state index is 0.0218. The number of carbonyl (C=O) groups is 1. The van der Waals surface area contributed by atoms with E-state index in [2.05, 4.69) is 13.5 Å². The smallest absolute Gasteiger partial charge is 0.341 e. The fourth-order valence-electron chi connectivity index (χ4n) is 2.78. The lowest BCUT2D eigenvalue weighted by Crippen LogP contribution is -2.16. The van der Waals surface area contributed by atoms with Gasteiger partial charge in [0.15, 0.2) is 0 Å². The molecule has 3 aromatic rings. The fraction of sp³-hybridized carbons (Fsp3) is 0.389. The summed E-state index contributed by atoms with van der Waals surface area (Å²) in [5.41, 5.74) is 7.22. The number of ether oxygens (including phenoxy) is 1. The van der Waals surface area contributed by atoms with Crippen LogP contribution in [0.5, 0.6) is 0 Å². The summed E-state index contributed by atoms with van der Waals surface area (Å²) in [6.45, 7) is 4.48. The van der Waals surface area contributed by atoms with E-state index in [1.54, 1.807) is 19.1 Å². The zero-order valence-corrected chi connectivity index (χ0v) is 18.5. The summed E-state index contributed by atoms with van der Waals surface area (Å²) >= 11 is 2.15. The molecule has 0 saturated carbocycles. The van der Waals surface area contributed by atoms with Crippen molar-refractivity contribution in [3.63, 3.8) is 0 Å². The predicted octanol–water partition coefficient (Wildman–Crippen LogP) is 3.46. The van der Waals surface area contributed by atoms with E-state index in [0.717, 1.165) is 29.4 Å². The topological polar surface area (TPSA) is 124 Å². The summed E-state index contributed by atoms with van der Waals surface area (Å²) in [6.07, 6.45) is 2.46. The number of aryl methyl sites for hydroxylation is 1. The largest absolute Gasteiger partial charge is 0.462 e. The van der Waals surface area contributed by atoms with Crippen molar-refractivity contribution in [2.75, 3.05) is 17.9 Å². The van der Waals surface area contributed by atoms with Crippen LogP contribution >= 0.6 is 23.1 Å². The van der Waals surface area contributed by atoms with Crippen LogP contribution in [0.25, 0.3) is 11.0 Å². The van der Waals surface area contributed by atoms with Crippen LogP contribution in [0.4, 0.5) is 5.00 Å². The standard InChI is InChI=1S/C18H22N4O4S3/c1-11-12(2)27-17(15(11)18(23)26-10-5-3-4-9-19)22-29(24,25)14-8-6-7-13-16(14)21-28-20-13/h6-8,22H,3-5,9-10,19H2,1-2H3. The molecule has 8 nitrogen and oxygen atoms in total. The Kier molecular flexibility index (Phi) is 6.83. The van der Waals surface area contributed by atoms with E-state index >= 15 is 0 Å². The van der Waals surface area contributed by atoms with Gasteiger partial charge in [0.05, 0.1) is 23.9 Å². The Labute approximate surface area is 177 Å². The van der Waals surface area contributed by atoms with Gasteiger partial charge in [-0.2, -0.15) is 8.75 Å². The molecule has 3 rings (SSSR count). The van der Waals surface area contributed by atoms with Crippen molar-refractivity contribution in [1.82, 2.24) is 8.75 Å². The molecule has 0 amide bonds. The van der Waals surface area contributed by atoms with Gasteiger partial charge < -0.3 is 10.5 Å². The normalized spacial score (nSPS) is 11.7. The minimum atomic E-state index is -3.96. The number of unbranched alkanes of at least 4 members (excludes halogenated alkanes) is 2. The maximum absolute atomic E-state index is 13.0. The molecule has 0 spiro atoms. The zero-order valence-electron chi connectivity index (χ0n) is 16.1. The first kappa shape index (κ1) is 21.6. The Morgan fingerprint density at radius 2 is 2.00 bits per heavy atom. The highest BCUT2D eigenvalue weighted by molar-refractivity contribution is 7.93. The maximum atomic E-state index is 13.0. The zero-order chi connectivity index (χ0) is 21.0. The van der Waals surface area contributed by atoms with Gasteiger partial charge in [-0.3, -0.25) is 4.72 Å². The third-order valence-electron chi connectivity index (χ3n) is 4.44. The molecular formula is C18H22N4O4S3. The van der Waals surface area contributed by atoms with Crippen molar-refractivity contribution >= 4 is 55.1 Å². The van der Waals surface area contributed by atoms with Gasteiger partial charge in [0, 0.05) is 4.88 Å².